The summed E-state index contributed by atoms with van der Waals surface area (Å²) >= 11 is 0. The molecule has 0 aliphatic carbocycles. The number of carbonyl (C=O) groups excluding carboxylic acids is 1. The number of pyridine rings is 2. The Morgan fingerprint density at radius 1 is 1.13 bits per heavy atom. The fourth-order valence-electron chi connectivity index (χ4n) is 3.71. The van der Waals surface area contributed by atoms with E-state index < -0.39 is 5.97 Å². The summed E-state index contributed by atoms with van der Waals surface area (Å²) in [7, 11) is -0.187. The highest BCUT2D eigenvalue weighted by Gasteiger charge is 2.50. The number of hydrogen-bond donors (Lipinski definition) is 0. The fraction of sp³-hybridized carbons (Fsp3) is 0.565. The third kappa shape index (κ3) is 4.47. The van der Waals surface area contributed by atoms with Crippen molar-refractivity contribution in [2.24, 2.45) is 0 Å². The molecule has 1 atom stereocenters. The van der Waals surface area contributed by atoms with Crippen LogP contribution in [-0.2, 0) is 14.0 Å². The second-order valence-electron chi connectivity index (χ2n) is 9.05. The van der Waals surface area contributed by atoms with Crippen LogP contribution in [0.2, 0.25) is 6.32 Å². The van der Waals surface area contributed by atoms with E-state index in [1.807, 2.05) is 18.3 Å². The molecule has 1 fully saturated rings. The molecule has 162 valence electrons. The average molecular weight is 413 g/mol. The van der Waals surface area contributed by atoms with E-state index in [1.54, 1.807) is 13.0 Å². The van der Waals surface area contributed by atoms with Gasteiger partial charge in [-0.25, -0.2) is 4.79 Å². The summed E-state index contributed by atoms with van der Waals surface area (Å²) in [4.78, 5) is 24.8. The largest absolute Gasteiger partial charge is 0.462 e. The van der Waals surface area contributed by atoms with Crippen molar-refractivity contribution in [3.8, 4) is 0 Å². The zero-order valence-electron chi connectivity index (χ0n) is 18.9. The lowest BCUT2D eigenvalue weighted by Gasteiger charge is -2.32. The van der Waals surface area contributed by atoms with Crippen molar-refractivity contribution in [2.45, 2.75) is 77.8 Å². The van der Waals surface area contributed by atoms with Crippen molar-refractivity contribution in [1.82, 2.24) is 4.40 Å². The van der Waals surface area contributed by atoms with Crippen molar-refractivity contribution in [3.63, 3.8) is 0 Å². The van der Waals surface area contributed by atoms with Crippen LogP contribution < -0.4 is 5.56 Å². The van der Waals surface area contributed by atoms with Crippen LogP contribution >= 0.6 is 0 Å². The summed E-state index contributed by atoms with van der Waals surface area (Å²) in [5.41, 5.74) is 0.900. The molecule has 2 aromatic heterocycles. The van der Waals surface area contributed by atoms with Gasteiger partial charge in [0, 0.05) is 11.7 Å². The van der Waals surface area contributed by atoms with Gasteiger partial charge < -0.3 is 14.0 Å². The van der Waals surface area contributed by atoms with Crippen LogP contribution in [-0.4, -0.2) is 35.3 Å². The molecule has 0 bridgehead atoms. The highest BCUT2D eigenvalue weighted by molar-refractivity contribution is 6.45. The lowest BCUT2D eigenvalue weighted by atomic mass is 9.80. The lowest BCUT2D eigenvalue weighted by Crippen LogP contribution is -2.41. The van der Waals surface area contributed by atoms with E-state index in [2.05, 4.69) is 34.6 Å². The van der Waals surface area contributed by atoms with Gasteiger partial charge in [-0.15, -0.1) is 0 Å². The Morgan fingerprint density at radius 2 is 1.77 bits per heavy atom. The van der Waals surface area contributed by atoms with Gasteiger partial charge in [0.05, 0.1) is 17.8 Å². The molecule has 0 amide bonds. The molecule has 1 unspecified atom stereocenters. The molecule has 1 aliphatic heterocycles. The van der Waals surface area contributed by atoms with E-state index in [-0.39, 0.29) is 42.0 Å². The number of rotatable bonds is 7. The van der Waals surface area contributed by atoms with E-state index >= 15 is 0 Å². The van der Waals surface area contributed by atoms with Gasteiger partial charge in [0.1, 0.15) is 5.56 Å². The Morgan fingerprint density at radius 3 is 2.40 bits per heavy atom. The molecular formula is C23H32BNO5. The molecule has 1 aliphatic rings. The van der Waals surface area contributed by atoms with E-state index in [0.717, 1.165) is 30.2 Å². The molecule has 0 spiro atoms. The Hall–Kier alpha value is -2.12. The number of carbonyl (C=O) groups is 1. The predicted octanol–water partition coefficient (Wildman–Crippen LogP) is 4.45. The SMILES string of the molecule is CCOC(=O)c1ccc2ccc(C(C)CCCB3OC(C)(C)C(C)(C)O3)cn2c1=O. The maximum absolute atomic E-state index is 12.8. The fourth-order valence-corrected chi connectivity index (χ4v) is 3.71. The number of esters is 1. The third-order valence-corrected chi connectivity index (χ3v) is 6.32. The van der Waals surface area contributed by atoms with Crippen LogP contribution in [0.1, 0.15) is 76.2 Å². The van der Waals surface area contributed by atoms with Gasteiger partial charge in [-0.1, -0.05) is 19.4 Å². The molecule has 0 aromatic carbocycles. The number of nitrogens with zero attached hydrogens (tertiary/aromatic N) is 1. The lowest BCUT2D eigenvalue weighted by molar-refractivity contribution is 0.00578. The summed E-state index contributed by atoms with van der Waals surface area (Å²) in [6, 6.07) is 7.25. The van der Waals surface area contributed by atoms with Crippen molar-refractivity contribution < 1.29 is 18.8 Å². The minimum absolute atomic E-state index is 0.0555. The molecular weight excluding hydrogens is 381 g/mol. The normalized spacial score (nSPS) is 18.5. The Bertz CT molecular complexity index is 965. The molecule has 1 saturated heterocycles. The molecule has 30 heavy (non-hydrogen) atoms. The Balaban J connectivity index is 1.68. The summed E-state index contributed by atoms with van der Waals surface area (Å²) in [6.45, 7) is 12.4. The minimum atomic E-state index is -0.585. The van der Waals surface area contributed by atoms with Gasteiger partial charge in [0.2, 0.25) is 0 Å². The number of fused-ring (bicyclic) bond motifs is 1. The van der Waals surface area contributed by atoms with E-state index in [4.69, 9.17) is 14.0 Å². The monoisotopic (exact) mass is 413 g/mol. The van der Waals surface area contributed by atoms with Crippen LogP contribution in [0.25, 0.3) is 5.52 Å². The second kappa shape index (κ2) is 8.56. The number of aromatic nitrogens is 1. The summed E-state index contributed by atoms with van der Waals surface area (Å²) in [5.74, 6) is -0.326. The topological polar surface area (TPSA) is 66.2 Å². The van der Waals surface area contributed by atoms with Gasteiger partial charge in [0.15, 0.2) is 0 Å². The standard InChI is InChI=1S/C23H32BNO5/c1-7-28-21(27)19-13-12-18-11-10-17(15-25(18)20(19)26)16(2)9-8-14-24-29-22(3,4)23(5,6)30-24/h10-13,15-16H,7-9,14H2,1-6H3. The molecule has 6 nitrogen and oxygen atoms in total. The van der Waals surface area contributed by atoms with Crippen LogP contribution in [0.5, 0.6) is 0 Å². The minimum Gasteiger partial charge on any atom is -0.462 e. The molecule has 2 aromatic rings. The van der Waals surface area contributed by atoms with Gasteiger partial charge >= 0.3 is 13.1 Å². The molecule has 3 heterocycles. The first-order valence-corrected chi connectivity index (χ1v) is 10.7. The molecule has 0 radical (unpaired) electrons. The van der Waals surface area contributed by atoms with E-state index in [0.29, 0.717) is 0 Å². The third-order valence-electron chi connectivity index (χ3n) is 6.32. The van der Waals surface area contributed by atoms with Crippen molar-refractivity contribution in [1.29, 1.82) is 0 Å². The van der Waals surface area contributed by atoms with Crippen molar-refractivity contribution in [2.75, 3.05) is 6.61 Å². The van der Waals surface area contributed by atoms with Crippen LogP contribution in [0.4, 0.5) is 0 Å². The molecule has 7 heteroatoms. The smallest absolute Gasteiger partial charge is 0.457 e. The zero-order chi connectivity index (χ0) is 22.1. The van der Waals surface area contributed by atoms with E-state index in [1.165, 1.54) is 10.5 Å². The van der Waals surface area contributed by atoms with Crippen LogP contribution in [0, 0.1) is 0 Å². The first-order valence-electron chi connectivity index (χ1n) is 10.7. The van der Waals surface area contributed by atoms with Gasteiger partial charge in [-0.3, -0.25) is 9.20 Å². The van der Waals surface area contributed by atoms with Gasteiger partial charge in [0.25, 0.3) is 5.56 Å². The van der Waals surface area contributed by atoms with Crippen LogP contribution in [0.3, 0.4) is 0 Å². The Kier molecular flexibility index (Phi) is 6.44. The maximum Gasteiger partial charge on any atom is 0.457 e. The van der Waals surface area contributed by atoms with Gasteiger partial charge in [-0.2, -0.15) is 0 Å². The van der Waals surface area contributed by atoms with Gasteiger partial charge in [-0.05, 0) is 77.0 Å². The van der Waals surface area contributed by atoms with E-state index in [9.17, 15) is 9.59 Å². The highest BCUT2D eigenvalue weighted by Crippen LogP contribution is 2.38. The maximum atomic E-state index is 12.8. The second-order valence-corrected chi connectivity index (χ2v) is 9.05. The van der Waals surface area contributed by atoms with Crippen molar-refractivity contribution >= 4 is 18.6 Å². The highest BCUT2D eigenvalue weighted by atomic mass is 16.7. The van der Waals surface area contributed by atoms with Crippen molar-refractivity contribution in [3.05, 3.63) is 51.9 Å². The molecule has 3 rings (SSSR count). The molecule has 0 saturated carbocycles. The number of hydrogen-bond acceptors (Lipinski definition) is 5. The first kappa shape index (κ1) is 22.6. The quantitative estimate of drug-likeness (QED) is 0.496. The van der Waals surface area contributed by atoms with Crippen LogP contribution in [0.15, 0.2) is 35.3 Å². The summed E-state index contributed by atoms with van der Waals surface area (Å²) in [6.07, 6.45) is 4.56. The number of ether oxygens (including phenoxy) is 1. The first-order chi connectivity index (χ1) is 14.1. The zero-order valence-corrected chi connectivity index (χ0v) is 18.9. The molecule has 0 N–H and O–H groups in total. The predicted molar refractivity (Wildman–Crippen MR) is 118 cm³/mol. The summed E-state index contributed by atoms with van der Waals surface area (Å²) < 4.78 is 18.7. The Labute approximate surface area is 178 Å². The summed E-state index contributed by atoms with van der Waals surface area (Å²) in [5, 5.41) is 0. The average Bonchev–Trinajstić information content (AvgIpc) is 2.88.